The second kappa shape index (κ2) is 7.74. The molecule has 1 aliphatic rings. The van der Waals surface area contributed by atoms with Crippen LogP contribution in [-0.2, 0) is 9.53 Å². The third kappa shape index (κ3) is 3.90. The molecule has 1 aliphatic heterocycles. The van der Waals surface area contributed by atoms with Crippen LogP contribution in [0.1, 0.15) is 20.7 Å². The topological polar surface area (TPSA) is 134 Å². The van der Waals surface area contributed by atoms with Crippen molar-refractivity contribution < 1.29 is 33.5 Å². The third-order valence-electron chi connectivity index (χ3n) is 3.87. The number of hydrogen-bond donors (Lipinski definition) is 1. The molecular weight excluding hydrogens is 372 g/mol. The van der Waals surface area contributed by atoms with Crippen LogP contribution in [-0.4, -0.2) is 42.9 Å². The van der Waals surface area contributed by atoms with E-state index >= 15 is 0 Å². The molecule has 2 aromatic rings. The number of carbonyl (C=O) groups excluding carboxylic acids is 3. The Kier molecular flexibility index (Phi) is 5.21. The molecule has 1 amide bonds. The Hall–Kier alpha value is -3.95. The summed E-state index contributed by atoms with van der Waals surface area (Å²) in [5, 5.41) is 13.8. The van der Waals surface area contributed by atoms with E-state index in [1.54, 1.807) is 0 Å². The van der Waals surface area contributed by atoms with Crippen LogP contribution in [0.3, 0.4) is 0 Å². The maximum atomic E-state index is 12.4. The number of hydrogen-bond acceptors (Lipinski definition) is 8. The molecule has 0 spiro atoms. The van der Waals surface area contributed by atoms with Gasteiger partial charge in [-0.05, 0) is 30.3 Å². The SMILES string of the molecule is COC(=O)c1ccc(OCC(=O)c2ccc3c(c2)NC(=O)CO3)c([N+](=O)[O-])c1. The first kappa shape index (κ1) is 18.8. The van der Waals surface area contributed by atoms with Gasteiger partial charge < -0.3 is 19.5 Å². The Morgan fingerprint density at radius 2 is 1.96 bits per heavy atom. The molecule has 28 heavy (non-hydrogen) atoms. The van der Waals surface area contributed by atoms with Crippen LogP contribution >= 0.6 is 0 Å². The minimum Gasteiger partial charge on any atom is -0.482 e. The fraction of sp³-hybridized carbons (Fsp3) is 0.167. The lowest BCUT2D eigenvalue weighted by molar-refractivity contribution is -0.385. The average molecular weight is 386 g/mol. The predicted molar refractivity (Wildman–Crippen MR) is 94.8 cm³/mol. The number of fused-ring (bicyclic) bond motifs is 1. The number of nitrogens with zero attached hydrogens (tertiary/aromatic N) is 1. The molecule has 144 valence electrons. The van der Waals surface area contributed by atoms with E-state index in [0.29, 0.717) is 11.4 Å². The summed E-state index contributed by atoms with van der Waals surface area (Å²) in [6.07, 6.45) is 0. The van der Waals surface area contributed by atoms with Crippen LogP contribution in [0.2, 0.25) is 0 Å². The average Bonchev–Trinajstić information content (AvgIpc) is 2.70. The quantitative estimate of drug-likeness (QED) is 0.345. The zero-order valence-corrected chi connectivity index (χ0v) is 14.6. The minimum absolute atomic E-state index is 0.0155. The van der Waals surface area contributed by atoms with E-state index < -0.39 is 29.0 Å². The number of esters is 1. The van der Waals surface area contributed by atoms with Gasteiger partial charge in [0.15, 0.2) is 24.7 Å². The molecule has 0 fully saturated rings. The normalized spacial score (nSPS) is 12.2. The van der Waals surface area contributed by atoms with Gasteiger partial charge in [0.2, 0.25) is 0 Å². The molecule has 1 heterocycles. The fourth-order valence-corrected chi connectivity index (χ4v) is 2.51. The predicted octanol–water partition coefficient (Wildman–Crippen LogP) is 1.97. The zero-order valence-electron chi connectivity index (χ0n) is 14.6. The first-order chi connectivity index (χ1) is 13.4. The number of amides is 1. The van der Waals surface area contributed by atoms with Crippen LogP contribution in [0.25, 0.3) is 0 Å². The van der Waals surface area contributed by atoms with E-state index in [-0.39, 0.29) is 29.4 Å². The summed E-state index contributed by atoms with van der Waals surface area (Å²) >= 11 is 0. The summed E-state index contributed by atoms with van der Waals surface area (Å²) in [5.41, 5.74) is 0.106. The second-order valence-corrected chi connectivity index (χ2v) is 5.69. The van der Waals surface area contributed by atoms with E-state index in [2.05, 4.69) is 10.1 Å². The Bertz CT molecular complexity index is 986. The molecule has 1 N–H and O–H groups in total. The monoisotopic (exact) mass is 386 g/mol. The van der Waals surface area contributed by atoms with Gasteiger partial charge in [0.25, 0.3) is 5.91 Å². The van der Waals surface area contributed by atoms with Crippen molar-refractivity contribution >= 4 is 29.0 Å². The number of methoxy groups -OCH3 is 1. The van der Waals surface area contributed by atoms with Gasteiger partial charge in [-0.1, -0.05) is 0 Å². The van der Waals surface area contributed by atoms with Gasteiger partial charge in [-0.3, -0.25) is 19.7 Å². The van der Waals surface area contributed by atoms with Gasteiger partial charge in [0, 0.05) is 11.6 Å². The van der Waals surface area contributed by atoms with Gasteiger partial charge in [0.1, 0.15) is 5.75 Å². The summed E-state index contributed by atoms with van der Waals surface area (Å²) in [4.78, 5) is 45.8. The number of carbonyl (C=O) groups is 3. The van der Waals surface area contributed by atoms with E-state index in [1.807, 2.05) is 0 Å². The molecule has 0 radical (unpaired) electrons. The number of ether oxygens (including phenoxy) is 3. The number of anilines is 1. The van der Waals surface area contributed by atoms with Crippen molar-refractivity contribution in [1.29, 1.82) is 0 Å². The summed E-state index contributed by atoms with van der Waals surface area (Å²) in [6, 6.07) is 8.00. The lowest BCUT2D eigenvalue weighted by atomic mass is 10.1. The lowest BCUT2D eigenvalue weighted by Gasteiger charge is -2.18. The van der Waals surface area contributed by atoms with Gasteiger partial charge in [-0.25, -0.2) is 4.79 Å². The van der Waals surface area contributed by atoms with Crippen LogP contribution < -0.4 is 14.8 Å². The van der Waals surface area contributed by atoms with Crippen molar-refractivity contribution in [3.8, 4) is 11.5 Å². The van der Waals surface area contributed by atoms with E-state index in [0.717, 1.165) is 13.2 Å². The third-order valence-corrected chi connectivity index (χ3v) is 3.87. The van der Waals surface area contributed by atoms with Crippen molar-refractivity contribution in [3.05, 3.63) is 57.6 Å². The first-order valence-electron chi connectivity index (χ1n) is 7.98. The minimum atomic E-state index is -0.732. The summed E-state index contributed by atoms with van der Waals surface area (Å²) in [7, 11) is 1.16. The molecule has 0 atom stereocenters. The molecule has 0 bridgehead atoms. The Labute approximate surface area is 158 Å². The number of nitrogens with one attached hydrogen (secondary N) is 1. The Morgan fingerprint density at radius 3 is 2.68 bits per heavy atom. The molecule has 3 rings (SSSR count). The van der Waals surface area contributed by atoms with Crippen molar-refractivity contribution in [1.82, 2.24) is 0 Å². The molecule has 0 unspecified atom stereocenters. The zero-order chi connectivity index (χ0) is 20.3. The van der Waals surface area contributed by atoms with E-state index in [9.17, 15) is 24.5 Å². The molecular formula is C18H14N2O8. The first-order valence-corrected chi connectivity index (χ1v) is 7.98. The summed E-state index contributed by atoms with van der Waals surface area (Å²) in [5.74, 6) is -1.26. The number of Topliss-reactive ketones (excluding diaryl/α,β-unsaturated/α-hetero) is 1. The maximum Gasteiger partial charge on any atom is 0.338 e. The largest absolute Gasteiger partial charge is 0.482 e. The van der Waals surface area contributed by atoms with E-state index in [1.165, 1.54) is 30.3 Å². The standard InChI is InChI=1S/C18H14N2O8/c1-26-18(23)11-3-5-16(13(7-11)20(24)25)27-8-14(21)10-2-4-15-12(6-10)19-17(22)9-28-15/h2-7H,8-9H2,1H3,(H,19,22). The number of rotatable bonds is 6. The molecule has 0 saturated carbocycles. The van der Waals surface area contributed by atoms with Crippen LogP contribution in [0, 0.1) is 10.1 Å². The van der Waals surface area contributed by atoms with Gasteiger partial charge in [0.05, 0.1) is 23.3 Å². The highest BCUT2D eigenvalue weighted by atomic mass is 16.6. The van der Waals surface area contributed by atoms with Gasteiger partial charge in [-0.2, -0.15) is 0 Å². The van der Waals surface area contributed by atoms with Crippen molar-refractivity contribution in [2.24, 2.45) is 0 Å². The Morgan fingerprint density at radius 1 is 1.21 bits per heavy atom. The van der Waals surface area contributed by atoms with Gasteiger partial charge in [-0.15, -0.1) is 0 Å². The molecule has 0 saturated heterocycles. The smallest absolute Gasteiger partial charge is 0.338 e. The Balaban J connectivity index is 1.76. The number of nitro benzene ring substituents is 1. The van der Waals surface area contributed by atoms with Crippen molar-refractivity contribution in [2.75, 3.05) is 25.6 Å². The van der Waals surface area contributed by atoms with Crippen LogP contribution in [0.4, 0.5) is 11.4 Å². The summed E-state index contributed by atoms with van der Waals surface area (Å²) < 4.78 is 15.0. The van der Waals surface area contributed by atoms with Crippen LogP contribution in [0.15, 0.2) is 36.4 Å². The van der Waals surface area contributed by atoms with Gasteiger partial charge >= 0.3 is 11.7 Å². The number of nitro groups is 1. The highest BCUT2D eigenvalue weighted by Gasteiger charge is 2.21. The fourth-order valence-electron chi connectivity index (χ4n) is 2.51. The molecule has 0 aromatic heterocycles. The second-order valence-electron chi connectivity index (χ2n) is 5.69. The van der Waals surface area contributed by atoms with Crippen LogP contribution in [0.5, 0.6) is 11.5 Å². The lowest BCUT2D eigenvalue weighted by Crippen LogP contribution is -2.25. The summed E-state index contributed by atoms with van der Waals surface area (Å²) in [6.45, 7) is -0.583. The number of ketones is 1. The molecule has 10 heteroatoms. The van der Waals surface area contributed by atoms with Crippen molar-refractivity contribution in [2.45, 2.75) is 0 Å². The number of benzene rings is 2. The highest BCUT2D eigenvalue weighted by molar-refractivity contribution is 6.01. The molecule has 10 nitrogen and oxygen atoms in total. The highest BCUT2D eigenvalue weighted by Crippen LogP contribution is 2.30. The molecule has 0 aliphatic carbocycles. The van der Waals surface area contributed by atoms with E-state index in [4.69, 9.17) is 9.47 Å². The van der Waals surface area contributed by atoms with Crippen molar-refractivity contribution in [3.63, 3.8) is 0 Å². The molecule has 2 aromatic carbocycles. The maximum absolute atomic E-state index is 12.4.